The van der Waals surface area contributed by atoms with Crippen molar-refractivity contribution in [1.29, 1.82) is 0 Å². The Morgan fingerprint density at radius 1 is 1.20 bits per heavy atom. The summed E-state index contributed by atoms with van der Waals surface area (Å²) in [6.07, 6.45) is 0. The second-order valence-corrected chi connectivity index (χ2v) is 6.88. The molecule has 3 rings (SSSR count). The molecule has 1 aromatic heterocycles. The third-order valence-electron chi connectivity index (χ3n) is 4.43. The van der Waals surface area contributed by atoms with E-state index in [1.165, 1.54) is 22.8 Å². The van der Waals surface area contributed by atoms with Gasteiger partial charge in [0.15, 0.2) is 11.5 Å². The van der Waals surface area contributed by atoms with E-state index in [9.17, 15) is 13.6 Å². The van der Waals surface area contributed by atoms with Crippen LogP contribution in [0.1, 0.15) is 21.6 Å². The first-order valence-electron chi connectivity index (χ1n) is 8.99. The first kappa shape index (κ1) is 21.6. The maximum Gasteiger partial charge on any atom is 0.387 e. The zero-order chi connectivity index (χ0) is 21.8. The van der Waals surface area contributed by atoms with E-state index >= 15 is 0 Å². The zero-order valence-corrected chi connectivity index (χ0v) is 17.4. The number of benzene rings is 2. The standard InChI is InChI=1S/C21H20ClF2N3O3/c1-13-18(19(22)27(25-13)15-7-5-4-6-8-15)20(28)26(2)12-14-9-10-16(30-21(23)24)17(11-14)29-3/h4-11,21H,12H2,1-3H3. The SMILES string of the molecule is COc1cc(CN(C)C(=O)c2c(C)nn(-c3ccccc3)c2Cl)ccc1OC(F)F. The predicted molar refractivity (Wildman–Crippen MR) is 109 cm³/mol. The average molecular weight is 436 g/mol. The quantitative estimate of drug-likeness (QED) is 0.539. The molecule has 1 amide bonds. The molecule has 2 aromatic carbocycles. The Hall–Kier alpha value is -3.13. The summed E-state index contributed by atoms with van der Waals surface area (Å²) in [6.45, 7) is -1.04. The number of para-hydroxylation sites is 1. The molecule has 0 spiro atoms. The number of carbonyl (C=O) groups is 1. The summed E-state index contributed by atoms with van der Waals surface area (Å²) >= 11 is 6.47. The first-order chi connectivity index (χ1) is 14.3. The number of halogens is 3. The number of rotatable bonds is 7. The average Bonchev–Trinajstić information content (AvgIpc) is 3.02. The molecule has 0 atom stereocenters. The molecule has 0 aliphatic heterocycles. The van der Waals surface area contributed by atoms with Crippen LogP contribution in [0.5, 0.6) is 11.5 Å². The monoisotopic (exact) mass is 435 g/mol. The van der Waals surface area contributed by atoms with Gasteiger partial charge in [-0.1, -0.05) is 35.9 Å². The minimum Gasteiger partial charge on any atom is -0.493 e. The number of alkyl halides is 2. The van der Waals surface area contributed by atoms with Gasteiger partial charge in [-0.15, -0.1) is 0 Å². The molecule has 0 saturated carbocycles. The minimum atomic E-state index is -2.96. The van der Waals surface area contributed by atoms with Crippen LogP contribution in [0.4, 0.5) is 8.78 Å². The van der Waals surface area contributed by atoms with Crippen LogP contribution < -0.4 is 9.47 Å². The van der Waals surface area contributed by atoms with E-state index in [0.29, 0.717) is 16.8 Å². The summed E-state index contributed by atoms with van der Waals surface area (Å²) in [4.78, 5) is 14.5. The lowest BCUT2D eigenvalue weighted by Crippen LogP contribution is -2.26. The maximum atomic E-state index is 13.0. The van der Waals surface area contributed by atoms with E-state index in [2.05, 4.69) is 9.84 Å². The molecule has 0 radical (unpaired) electrons. The predicted octanol–water partition coefficient (Wildman–Crippen LogP) is 4.72. The van der Waals surface area contributed by atoms with Crippen molar-refractivity contribution >= 4 is 17.5 Å². The van der Waals surface area contributed by atoms with Crippen LogP contribution in [0, 0.1) is 6.92 Å². The molecule has 158 valence electrons. The van der Waals surface area contributed by atoms with Crippen LogP contribution in [0.15, 0.2) is 48.5 Å². The highest BCUT2D eigenvalue weighted by atomic mass is 35.5. The molecule has 9 heteroatoms. The van der Waals surface area contributed by atoms with Gasteiger partial charge in [0, 0.05) is 13.6 Å². The number of aromatic nitrogens is 2. The summed E-state index contributed by atoms with van der Waals surface area (Å²) in [5, 5.41) is 4.60. The van der Waals surface area contributed by atoms with E-state index in [1.807, 2.05) is 30.3 Å². The third-order valence-corrected chi connectivity index (χ3v) is 4.78. The highest BCUT2D eigenvalue weighted by molar-refractivity contribution is 6.33. The number of nitrogens with zero attached hydrogens (tertiary/aromatic N) is 3. The largest absolute Gasteiger partial charge is 0.493 e. The molecule has 6 nitrogen and oxygen atoms in total. The second-order valence-electron chi connectivity index (χ2n) is 6.52. The number of aryl methyl sites for hydroxylation is 1. The normalized spacial score (nSPS) is 10.9. The van der Waals surface area contributed by atoms with Gasteiger partial charge in [0.05, 0.1) is 24.1 Å². The van der Waals surface area contributed by atoms with E-state index < -0.39 is 6.61 Å². The van der Waals surface area contributed by atoms with E-state index in [4.69, 9.17) is 16.3 Å². The molecular formula is C21H20ClF2N3O3. The van der Waals surface area contributed by atoms with Crippen LogP contribution >= 0.6 is 11.6 Å². The van der Waals surface area contributed by atoms with Crippen molar-refractivity contribution in [2.45, 2.75) is 20.1 Å². The Kier molecular flexibility index (Phi) is 6.56. The Morgan fingerprint density at radius 2 is 1.90 bits per heavy atom. The highest BCUT2D eigenvalue weighted by Gasteiger charge is 2.24. The van der Waals surface area contributed by atoms with Crippen molar-refractivity contribution in [3.63, 3.8) is 0 Å². The molecule has 0 aliphatic carbocycles. The number of methoxy groups -OCH3 is 1. The molecular weight excluding hydrogens is 416 g/mol. The van der Waals surface area contributed by atoms with Gasteiger partial charge in [-0.3, -0.25) is 4.79 Å². The highest BCUT2D eigenvalue weighted by Crippen LogP contribution is 2.30. The van der Waals surface area contributed by atoms with Gasteiger partial charge in [0.25, 0.3) is 5.91 Å². The van der Waals surface area contributed by atoms with Gasteiger partial charge in [-0.05, 0) is 36.8 Å². The van der Waals surface area contributed by atoms with E-state index in [0.717, 1.165) is 5.69 Å². The Morgan fingerprint density at radius 3 is 2.53 bits per heavy atom. The van der Waals surface area contributed by atoms with Crippen molar-refractivity contribution in [1.82, 2.24) is 14.7 Å². The number of ether oxygens (including phenoxy) is 2. The van der Waals surface area contributed by atoms with Gasteiger partial charge >= 0.3 is 6.61 Å². The third kappa shape index (κ3) is 4.54. The molecule has 0 fully saturated rings. The van der Waals surface area contributed by atoms with Gasteiger partial charge in [-0.2, -0.15) is 13.9 Å². The molecule has 0 saturated heterocycles. The van der Waals surface area contributed by atoms with Crippen LogP contribution in [-0.2, 0) is 6.54 Å². The summed E-state index contributed by atoms with van der Waals surface area (Å²) in [7, 11) is 2.97. The van der Waals surface area contributed by atoms with E-state index in [1.54, 1.807) is 26.1 Å². The summed E-state index contributed by atoms with van der Waals surface area (Å²) in [6, 6.07) is 13.8. The lowest BCUT2D eigenvalue weighted by Gasteiger charge is -2.18. The van der Waals surface area contributed by atoms with Crippen LogP contribution in [0.2, 0.25) is 5.15 Å². The van der Waals surface area contributed by atoms with Gasteiger partial charge in [0.2, 0.25) is 0 Å². The fourth-order valence-corrected chi connectivity index (χ4v) is 3.38. The number of carbonyl (C=O) groups excluding carboxylic acids is 1. The van der Waals surface area contributed by atoms with Crippen LogP contribution in [0.3, 0.4) is 0 Å². The fraction of sp³-hybridized carbons (Fsp3) is 0.238. The summed E-state index contributed by atoms with van der Waals surface area (Å²) in [5.41, 5.74) is 2.21. The fourth-order valence-electron chi connectivity index (χ4n) is 3.02. The topological polar surface area (TPSA) is 56.6 Å². The lowest BCUT2D eigenvalue weighted by atomic mass is 10.1. The second kappa shape index (κ2) is 9.13. The lowest BCUT2D eigenvalue weighted by molar-refractivity contribution is -0.0512. The Balaban J connectivity index is 1.82. The van der Waals surface area contributed by atoms with E-state index in [-0.39, 0.29) is 29.1 Å². The van der Waals surface area contributed by atoms with Crippen molar-refractivity contribution in [2.24, 2.45) is 0 Å². The maximum absolute atomic E-state index is 13.0. The number of hydrogen-bond donors (Lipinski definition) is 0. The molecule has 0 bridgehead atoms. The van der Waals surface area contributed by atoms with Crippen molar-refractivity contribution < 1.29 is 23.0 Å². The van der Waals surface area contributed by atoms with Crippen LogP contribution in [0.25, 0.3) is 5.69 Å². The van der Waals surface area contributed by atoms with Crippen LogP contribution in [-0.4, -0.2) is 41.4 Å². The molecule has 1 heterocycles. The molecule has 3 aromatic rings. The van der Waals surface area contributed by atoms with Gasteiger partial charge in [-0.25, -0.2) is 4.68 Å². The molecule has 0 aliphatic rings. The summed E-state index contributed by atoms with van der Waals surface area (Å²) < 4.78 is 36.0. The molecule has 0 unspecified atom stereocenters. The number of hydrogen-bond acceptors (Lipinski definition) is 4. The Bertz CT molecular complexity index is 1040. The van der Waals surface area contributed by atoms with Crippen molar-refractivity contribution in [3.05, 3.63) is 70.5 Å². The smallest absolute Gasteiger partial charge is 0.387 e. The molecule has 0 N–H and O–H groups in total. The zero-order valence-electron chi connectivity index (χ0n) is 16.6. The molecule has 30 heavy (non-hydrogen) atoms. The van der Waals surface area contributed by atoms with Crippen molar-refractivity contribution in [3.8, 4) is 17.2 Å². The summed E-state index contributed by atoms with van der Waals surface area (Å²) in [5.74, 6) is -0.237. The van der Waals surface area contributed by atoms with Gasteiger partial charge < -0.3 is 14.4 Å². The first-order valence-corrected chi connectivity index (χ1v) is 9.37. The van der Waals surface area contributed by atoms with Gasteiger partial charge in [0.1, 0.15) is 5.15 Å². The minimum absolute atomic E-state index is 0.0757. The Labute approximate surface area is 177 Å². The van der Waals surface area contributed by atoms with Crippen molar-refractivity contribution in [2.75, 3.05) is 14.2 Å². The number of amides is 1.